The second-order valence-corrected chi connectivity index (χ2v) is 3.93. The molecule has 0 bridgehead atoms. The third kappa shape index (κ3) is 5.27. The number of hydrogen-bond donors (Lipinski definition) is 0. The quantitative estimate of drug-likeness (QED) is 0.618. The first kappa shape index (κ1) is 12.9. The number of nitrogens with zero attached hydrogens (tertiary/aromatic N) is 2. The minimum atomic E-state index is 0.744. The average molecular weight is 186 g/mol. The van der Waals surface area contributed by atoms with Gasteiger partial charge in [0, 0.05) is 25.7 Å². The van der Waals surface area contributed by atoms with Crippen LogP contribution in [0.2, 0.25) is 0 Å². The Labute approximate surface area is 83.9 Å². The summed E-state index contributed by atoms with van der Waals surface area (Å²) in [5.74, 6) is 0. The molecule has 0 saturated carbocycles. The van der Waals surface area contributed by atoms with Crippen LogP contribution in [0.3, 0.4) is 0 Å². The highest BCUT2D eigenvalue weighted by Gasteiger charge is 2.18. The van der Waals surface area contributed by atoms with E-state index in [4.69, 9.17) is 0 Å². The van der Waals surface area contributed by atoms with E-state index in [1.54, 1.807) is 0 Å². The van der Waals surface area contributed by atoms with Gasteiger partial charge in [0.05, 0.1) is 0 Å². The van der Waals surface area contributed by atoms with E-state index in [1.807, 2.05) is 0 Å². The molecule has 1 aliphatic rings. The van der Waals surface area contributed by atoms with Gasteiger partial charge in [-0.1, -0.05) is 27.2 Å². The minimum absolute atomic E-state index is 0.744. The van der Waals surface area contributed by atoms with Crippen LogP contribution in [-0.2, 0) is 0 Å². The monoisotopic (exact) mass is 186 g/mol. The average Bonchev–Trinajstić information content (AvgIpc) is 2.11. The molecule has 0 aromatic rings. The maximum Gasteiger partial charge on any atom is 0.0192 e. The Morgan fingerprint density at radius 1 is 1.15 bits per heavy atom. The molecule has 0 unspecified atom stereocenters. The highest BCUT2D eigenvalue weighted by molar-refractivity contribution is 4.75. The molecular weight excluding hydrogens is 160 g/mol. The summed E-state index contributed by atoms with van der Waals surface area (Å²) in [6, 6.07) is 0.744. The number of rotatable bonds is 1. The lowest BCUT2D eigenvalue weighted by Crippen LogP contribution is -2.49. The molecule has 0 N–H and O–H groups in total. The first-order valence-corrected chi connectivity index (χ1v) is 5.58. The normalized spacial score (nSPS) is 25.2. The number of piperazine rings is 1. The van der Waals surface area contributed by atoms with Gasteiger partial charge in [0.25, 0.3) is 0 Å². The summed E-state index contributed by atoms with van der Waals surface area (Å²) in [4.78, 5) is 4.93. The lowest BCUT2D eigenvalue weighted by atomic mass is 10.2. The molecule has 0 aromatic heterocycles. The lowest BCUT2D eigenvalue weighted by Gasteiger charge is -2.37. The van der Waals surface area contributed by atoms with Gasteiger partial charge in [-0.3, -0.25) is 0 Å². The van der Waals surface area contributed by atoms with E-state index in [2.05, 4.69) is 44.5 Å². The maximum absolute atomic E-state index is 2.50. The van der Waals surface area contributed by atoms with Crippen LogP contribution in [0.25, 0.3) is 0 Å². The first-order chi connectivity index (χ1) is 6.15. The number of hydrogen-bond acceptors (Lipinski definition) is 2. The van der Waals surface area contributed by atoms with Crippen LogP contribution in [0.4, 0.5) is 0 Å². The van der Waals surface area contributed by atoms with Crippen LogP contribution < -0.4 is 0 Å². The lowest BCUT2D eigenvalue weighted by molar-refractivity contribution is 0.110. The van der Waals surface area contributed by atoms with Crippen molar-refractivity contribution in [2.24, 2.45) is 0 Å². The van der Waals surface area contributed by atoms with Crippen LogP contribution in [0, 0.1) is 0 Å². The molecule has 13 heavy (non-hydrogen) atoms. The molecule has 0 spiro atoms. The molecule has 80 valence electrons. The van der Waals surface area contributed by atoms with Gasteiger partial charge in [0.15, 0.2) is 0 Å². The van der Waals surface area contributed by atoms with E-state index >= 15 is 0 Å². The Morgan fingerprint density at radius 3 is 2.08 bits per heavy atom. The van der Waals surface area contributed by atoms with Gasteiger partial charge >= 0.3 is 0 Å². The van der Waals surface area contributed by atoms with Crippen LogP contribution in [0.15, 0.2) is 0 Å². The van der Waals surface area contributed by atoms with Crippen molar-refractivity contribution in [3.05, 3.63) is 0 Å². The molecule has 1 saturated heterocycles. The third-order valence-electron chi connectivity index (χ3n) is 2.49. The summed E-state index contributed by atoms with van der Waals surface area (Å²) in [5, 5.41) is 0. The molecular formula is C11H26N2. The van der Waals surface area contributed by atoms with E-state index in [0.29, 0.717) is 0 Å². The van der Waals surface area contributed by atoms with Gasteiger partial charge in [-0.15, -0.1) is 0 Å². The van der Waals surface area contributed by atoms with Gasteiger partial charge in [-0.05, 0) is 20.5 Å². The smallest absolute Gasteiger partial charge is 0.0192 e. The molecule has 2 heteroatoms. The highest BCUT2D eigenvalue weighted by atomic mass is 15.3. The molecule has 1 aliphatic heterocycles. The van der Waals surface area contributed by atoms with Crippen LogP contribution >= 0.6 is 0 Å². The molecule has 0 radical (unpaired) electrons. The minimum Gasteiger partial charge on any atom is -0.301 e. The molecule has 2 nitrogen and oxygen atoms in total. The molecule has 0 aromatic carbocycles. The zero-order valence-electron chi connectivity index (χ0n) is 10.0. The standard InChI is InChI=1S/C8H18N2.C3H8/c1-4-10-6-5-9(3)8(2)7-10;1-3-2/h8H,4-7H2,1-3H3;3H2,1-2H3/t8-;/m1./s1. The summed E-state index contributed by atoms with van der Waals surface area (Å²) in [6.07, 6.45) is 1.25. The molecule has 1 fully saturated rings. The fourth-order valence-electron chi connectivity index (χ4n) is 1.41. The SMILES string of the molecule is CCC.CCN1CCN(C)[C@H](C)C1. The molecule has 0 amide bonds. The summed E-state index contributed by atoms with van der Waals surface area (Å²) in [5.41, 5.74) is 0. The van der Waals surface area contributed by atoms with Crippen molar-refractivity contribution in [2.45, 2.75) is 40.2 Å². The van der Waals surface area contributed by atoms with Crippen molar-refractivity contribution in [1.29, 1.82) is 0 Å². The van der Waals surface area contributed by atoms with Crippen molar-refractivity contribution in [1.82, 2.24) is 9.80 Å². The zero-order chi connectivity index (χ0) is 10.3. The topological polar surface area (TPSA) is 6.48 Å². The Balaban J connectivity index is 0.000000424. The van der Waals surface area contributed by atoms with Gasteiger partial charge in [-0.25, -0.2) is 0 Å². The molecule has 1 atom stereocenters. The summed E-state index contributed by atoms with van der Waals surface area (Å²) < 4.78 is 0. The Morgan fingerprint density at radius 2 is 1.69 bits per heavy atom. The van der Waals surface area contributed by atoms with E-state index in [0.717, 1.165) is 6.04 Å². The van der Waals surface area contributed by atoms with Crippen molar-refractivity contribution in [2.75, 3.05) is 33.2 Å². The Hall–Kier alpha value is -0.0800. The molecule has 1 heterocycles. The largest absolute Gasteiger partial charge is 0.301 e. The zero-order valence-corrected chi connectivity index (χ0v) is 10.0. The van der Waals surface area contributed by atoms with Crippen molar-refractivity contribution < 1.29 is 0 Å². The molecule has 1 rings (SSSR count). The number of likely N-dealkylation sites (N-methyl/N-ethyl adjacent to an activating group) is 2. The van der Waals surface area contributed by atoms with E-state index in [9.17, 15) is 0 Å². The van der Waals surface area contributed by atoms with Crippen molar-refractivity contribution in [3.8, 4) is 0 Å². The second kappa shape index (κ2) is 7.34. The first-order valence-electron chi connectivity index (χ1n) is 5.58. The van der Waals surface area contributed by atoms with E-state index < -0.39 is 0 Å². The predicted molar refractivity (Wildman–Crippen MR) is 60.2 cm³/mol. The molecule has 0 aliphatic carbocycles. The van der Waals surface area contributed by atoms with E-state index in [-0.39, 0.29) is 0 Å². The van der Waals surface area contributed by atoms with Crippen LogP contribution in [-0.4, -0.2) is 49.1 Å². The third-order valence-corrected chi connectivity index (χ3v) is 2.49. The second-order valence-electron chi connectivity index (χ2n) is 3.93. The maximum atomic E-state index is 2.50. The van der Waals surface area contributed by atoms with Gasteiger partial charge in [-0.2, -0.15) is 0 Å². The highest BCUT2D eigenvalue weighted by Crippen LogP contribution is 2.05. The fourth-order valence-corrected chi connectivity index (χ4v) is 1.41. The Kier molecular flexibility index (Phi) is 7.29. The van der Waals surface area contributed by atoms with Crippen LogP contribution in [0.5, 0.6) is 0 Å². The Bertz CT molecular complexity index is 115. The summed E-state index contributed by atoms with van der Waals surface area (Å²) in [6.45, 7) is 13.7. The van der Waals surface area contributed by atoms with Crippen molar-refractivity contribution >= 4 is 0 Å². The summed E-state index contributed by atoms with van der Waals surface area (Å²) >= 11 is 0. The fraction of sp³-hybridized carbons (Fsp3) is 1.00. The predicted octanol–water partition coefficient (Wildman–Crippen LogP) is 2.06. The van der Waals surface area contributed by atoms with Gasteiger partial charge in [0.2, 0.25) is 0 Å². The van der Waals surface area contributed by atoms with Gasteiger partial charge < -0.3 is 9.80 Å². The van der Waals surface area contributed by atoms with Crippen molar-refractivity contribution in [3.63, 3.8) is 0 Å². The van der Waals surface area contributed by atoms with Gasteiger partial charge in [0.1, 0.15) is 0 Å². The summed E-state index contributed by atoms with van der Waals surface area (Å²) in [7, 11) is 2.21. The van der Waals surface area contributed by atoms with Crippen LogP contribution in [0.1, 0.15) is 34.1 Å². The van der Waals surface area contributed by atoms with E-state index in [1.165, 1.54) is 32.6 Å².